The number of hydrogen-bond donors (Lipinski definition) is 1. The van der Waals surface area contributed by atoms with E-state index >= 15 is 0 Å². The number of nitrogens with zero attached hydrogens (tertiary/aromatic N) is 2. The minimum atomic E-state index is 0.493. The van der Waals surface area contributed by atoms with Gasteiger partial charge < -0.3 is 5.73 Å². The van der Waals surface area contributed by atoms with Crippen LogP contribution in [0.3, 0.4) is 0 Å². The van der Waals surface area contributed by atoms with E-state index in [1.165, 1.54) is 19.3 Å². The first kappa shape index (κ1) is 12.5. The van der Waals surface area contributed by atoms with E-state index in [1.807, 2.05) is 13.0 Å². The highest BCUT2D eigenvalue weighted by atomic mass is 15.3. The summed E-state index contributed by atoms with van der Waals surface area (Å²) in [5.41, 5.74) is 7.11. The number of hydrogen-bond acceptors (Lipinski definition) is 2. The largest absolute Gasteiger partial charge is 0.384 e. The zero-order valence-electron chi connectivity index (χ0n) is 11.5. The van der Waals surface area contributed by atoms with Gasteiger partial charge in [-0.05, 0) is 37.5 Å². The highest BCUT2D eigenvalue weighted by molar-refractivity contribution is 5.31. The van der Waals surface area contributed by atoms with Gasteiger partial charge in [0.1, 0.15) is 5.82 Å². The van der Waals surface area contributed by atoms with E-state index in [0.717, 1.165) is 17.4 Å². The van der Waals surface area contributed by atoms with E-state index in [1.54, 1.807) is 0 Å². The molecule has 0 amide bonds. The van der Waals surface area contributed by atoms with Crippen LogP contribution in [0, 0.1) is 24.7 Å². The van der Waals surface area contributed by atoms with Gasteiger partial charge in [-0.25, -0.2) is 4.68 Å². The number of aromatic nitrogens is 2. The van der Waals surface area contributed by atoms with Crippen LogP contribution in [-0.4, -0.2) is 9.78 Å². The molecule has 0 aliphatic heterocycles. The van der Waals surface area contributed by atoms with Crippen molar-refractivity contribution in [3.05, 3.63) is 11.8 Å². The van der Waals surface area contributed by atoms with Crippen molar-refractivity contribution in [1.29, 1.82) is 0 Å². The van der Waals surface area contributed by atoms with Gasteiger partial charge in [0.2, 0.25) is 0 Å². The minimum absolute atomic E-state index is 0.493. The summed E-state index contributed by atoms with van der Waals surface area (Å²) in [5.74, 6) is 3.04. The molecule has 1 aromatic rings. The second-order valence-corrected chi connectivity index (χ2v) is 6.05. The molecule has 1 aliphatic carbocycles. The molecule has 0 saturated heterocycles. The average molecular weight is 235 g/mol. The van der Waals surface area contributed by atoms with Crippen LogP contribution in [0.25, 0.3) is 0 Å². The fourth-order valence-electron chi connectivity index (χ4n) is 3.24. The van der Waals surface area contributed by atoms with E-state index in [2.05, 4.69) is 30.6 Å². The molecule has 17 heavy (non-hydrogen) atoms. The van der Waals surface area contributed by atoms with Gasteiger partial charge in [-0.15, -0.1) is 0 Å². The predicted octanol–water partition coefficient (Wildman–Crippen LogP) is 3.41. The smallest absolute Gasteiger partial charge is 0.122 e. The summed E-state index contributed by atoms with van der Waals surface area (Å²) in [6.07, 6.45) is 3.87. The molecule has 0 bridgehead atoms. The van der Waals surface area contributed by atoms with E-state index in [-0.39, 0.29) is 0 Å². The van der Waals surface area contributed by atoms with Gasteiger partial charge in [0.15, 0.2) is 0 Å². The molecule has 1 aliphatic rings. The Kier molecular flexibility index (Phi) is 3.45. The summed E-state index contributed by atoms with van der Waals surface area (Å²) in [7, 11) is 0. The number of anilines is 1. The monoisotopic (exact) mass is 235 g/mol. The maximum absolute atomic E-state index is 6.08. The van der Waals surface area contributed by atoms with Gasteiger partial charge in [0, 0.05) is 6.07 Å². The van der Waals surface area contributed by atoms with Crippen LogP contribution in [0.15, 0.2) is 6.07 Å². The third-order valence-corrected chi connectivity index (χ3v) is 4.19. The first-order valence-electron chi connectivity index (χ1n) is 6.80. The number of rotatable bonds is 2. The van der Waals surface area contributed by atoms with E-state index < -0.39 is 0 Å². The molecule has 1 aromatic heterocycles. The van der Waals surface area contributed by atoms with Gasteiger partial charge in [-0.1, -0.05) is 27.2 Å². The topological polar surface area (TPSA) is 43.8 Å². The number of aryl methyl sites for hydroxylation is 1. The molecule has 2 rings (SSSR count). The molecule has 3 nitrogen and oxygen atoms in total. The van der Waals surface area contributed by atoms with E-state index in [0.29, 0.717) is 17.9 Å². The first-order chi connectivity index (χ1) is 7.99. The second-order valence-electron chi connectivity index (χ2n) is 6.05. The standard InChI is InChI=1S/C14H25N3/c1-9(2)12-6-5-10(3)7-13(12)17-14(15)8-11(4)16-17/h8-10,12-13H,5-7,15H2,1-4H3. The average Bonchev–Trinajstić information content (AvgIpc) is 2.57. The summed E-state index contributed by atoms with van der Waals surface area (Å²) in [6, 6.07) is 2.48. The fraction of sp³-hybridized carbons (Fsp3) is 0.786. The molecule has 0 aromatic carbocycles. The van der Waals surface area contributed by atoms with Crippen LogP contribution >= 0.6 is 0 Å². The molecule has 2 N–H and O–H groups in total. The lowest BCUT2D eigenvalue weighted by molar-refractivity contribution is 0.141. The van der Waals surface area contributed by atoms with Gasteiger partial charge >= 0.3 is 0 Å². The molecule has 0 radical (unpaired) electrons. The Morgan fingerprint density at radius 1 is 1.41 bits per heavy atom. The molecule has 3 atom stereocenters. The molecule has 96 valence electrons. The summed E-state index contributed by atoms with van der Waals surface area (Å²) in [6.45, 7) is 9.00. The Morgan fingerprint density at radius 2 is 2.12 bits per heavy atom. The van der Waals surface area contributed by atoms with Gasteiger partial charge in [0.05, 0.1) is 11.7 Å². The first-order valence-corrected chi connectivity index (χ1v) is 6.80. The Labute approximate surface area is 104 Å². The molecule has 1 saturated carbocycles. The normalized spacial score (nSPS) is 29.8. The Bertz CT molecular complexity index is 381. The third-order valence-electron chi connectivity index (χ3n) is 4.19. The lowest BCUT2D eigenvalue weighted by Crippen LogP contribution is -2.31. The van der Waals surface area contributed by atoms with Crippen molar-refractivity contribution in [2.45, 2.75) is 53.0 Å². The quantitative estimate of drug-likeness (QED) is 0.853. The maximum atomic E-state index is 6.08. The van der Waals surface area contributed by atoms with Gasteiger partial charge in [-0.3, -0.25) is 0 Å². The Balaban J connectivity index is 2.28. The summed E-state index contributed by atoms with van der Waals surface area (Å²) in [5, 5.41) is 4.59. The Hall–Kier alpha value is -0.990. The SMILES string of the molecule is Cc1cc(N)n(C2CC(C)CCC2C(C)C)n1. The lowest BCUT2D eigenvalue weighted by atomic mass is 9.74. The van der Waals surface area contributed by atoms with Crippen molar-refractivity contribution < 1.29 is 0 Å². The summed E-state index contributed by atoms with van der Waals surface area (Å²) < 4.78 is 2.08. The van der Waals surface area contributed by atoms with Crippen molar-refractivity contribution in [1.82, 2.24) is 9.78 Å². The van der Waals surface area contributed by atoms with Crippen LogP contribution in [-0.2, 0) is 0 Å². The Morgan fingerprint density at radius 3 is 2.65 bits per heavy atom. The molecule has 3 heteroatoms. The van der Waals surface area contributed by atoms with Crippen molar-refractivity contribution in [2.24, 2.45) is 17.8 Å². The van der Waals surface area contributed by atoms with Crippen molar-refractivity contribution >= 4 is 5.82 Å². The molecular formula is C14H25N3. The zero-order chi connectivity index (χ0) is 12.6. The van der Waals surface area contributed by atoms with Crippen molar-refractivity contribution in [3.63, 3.8) is 0 Å². The molecule has 0 spiro atoms. The van der Waals surface area contributed by atoms with Crippen LogP contribution in [0.5, 0.6) is 0 Å². The highest BCUT2D eigenvalue weighted by Gasteiger charge is 2.33. The highest BCUT2D eigenvalue weighted by Crippen LogP contribution is 2.41. The van der Waals surface area contributed by atoms with Gasteiger partial charge in [0.25, 0.3) is 0 Å². The van der Waals surface area contributed by atoms with Crippen molar-refractivity contribution in [2.75, 3.05) is 5.73 Å². The van der Waals surface area contributed by atoms with Crippen LogP contribution in [0.1, 0.15) is 51.8 Å². The fourth-order valence-corrected chi connectivity index (χ4v) is 3.24. The lowest BCUT2D eigenvalue weighted by Gasteiger charge is -2.37. The van der Waals surface area contributed by atoms with E-state index in [4.69, 9.17) is 5.73 Å². The minimum Gasteiger partial charge on any atom is -0.384 e. The van der Waals surface area contributed by atoms with E-state index in [9.17, 15) is 0 Å². The zero-order valence-corrected chi connectivity index (χ0v) is 11.5. The predicted molar refractivity (Wildman–Crippen MR) is 71.8 cm³/mol. The molecular weight excluding hydrogens is 210 g/mol. The number of nitrogen functional groups attached to an aromatic ring is 1. The third kappa shape index (κ3) is 2.48. The second kappa shape index (κ2) is 4.71. The van der Waals surface area contributed by atoms with Crippen LogP contribution in [0.2, 0.25) is 0 Å². The molecule has 1 fully saturated rings. The molecule has 1 heterocycles. The van der Waals surface area contributed by atoms with Crippen LogP contribution < -0.4 is 5.73 Å². The maximum Gasteiger partial charge on any atom is 0.122 e. The van der Waals surface area contributed by atoms with Gasteiger partial charge in [-0.2, -0.15) is 5.10 Å². The van der Waals surface area contributed by atoms with Crippen LogP contribution in [0.4, 0.5) is 5.82 Å². The number of nitrogens with two attached hydrogens (primary N) is 1. The van der Waals surface area contributed by atoms with Crippen molar-refractivity contribution in [3.8, 4) is 0 Å². The molecule has 3 unspecified atom stereocenters. The summed E-state index contributed by atoms with van der Waals surface area (Å²) in [4.78, 5) is 0. The summed E-state index contributed by atoms with van der Waals surface area (Å²) >= 11 is 0.